The van der Waals surface area contributed by atoms with Crippen molar-refractivity contribution in [3.8, 4) is 0 Å². The van der Waals surface area contributed by atoms with E-state index < -0.39 is 0 Å². The van der Waals surface area contributed by atoms with Crippen LogP contribution < -0.4 is 10.2 Å². The zero-order chi connectivity index (χ0) is 29.0. The number of carbonyl (C=O) groups is 1. The number of aliphatic imine (C=N–C) groups is 1. The van der Waals surface area contributed by atoms with Crippen molar-refractivity contribution >= 4 is 39.4 Å². The van der Waals surface area contributed by atoms with Crippen LogP contribution in [0.5, 0.6) is 0 Å². The van der Waals surface area contributed by atoms with Gasteiger partial charge in [-0.1, -0.05) is 24.6 Å². The van der Waals surface area contributed by atoms with E-state index in [1.54, 1.807) is 23.5 Å². The smallest absolute Gasteiger partial charge is 0.246 e. The van der Waals surface area contributed by atoms with Gasteiger partial charge in [-0.3, -0.25) is 14.8 Å². The molecule has 4 aromatic rings. The molecule has 2 aromatic heterocycles. The molecule has 218 valence electrons. The molecule has 9 heteroatoms. The highest BCUT2D eigenvalue weighted by Crippen LogP contribution is 2.30. The number of aromatic nitrogens is 2. The molecule has 1 aliphatic heterocycles. The van der Waals surface area contributed by atoms with Gasteiger partial charge in [0, 0.05) is 50.1 Å². The molecule has 0 saturated carbocycles. The van der Waals surface area contributed by atoms with Crippen LogP contribution >= 0.6 is 11.3 Å². The maximum absolute atomic E-state index is 13.0. The molecule has 42 heavy (non-hydrogen) atoms. The summed E-state index contributed by atoms with van der Waals surface area (Å²) in [6.07, 6.45) is 13.6. The molecule has 0 atom stereocenters. The van der Waals surface area contributed by atoms with Crippen molar-refractivity contribution in [2.45, 2.75) is 51.7 Å². The van der Waals surface area contributed by atoms with Crippen molar-refractivity contribution in [3.05, 3.63) is 101 Å². The zero-order valence-electron chi connectivity index (χ0n) is 23.7. The van der Waals surface area contributed by atoms with Crippen LogP contribution in [0.4, 0.5) is 10.1 Å². The zero-order valence-corrected chi connectivity index (χ0v) is 24.5. The number of nitrogens with zero attached hydrogens (tertiary/aromatic N) is 4. The summed E-state index contributed by atoms with van der Waals surface area (Å²) in [6, 6.07) is 16.7. The number of pyridine rings is 1. The number of fused-ring (bicyclic) bond motifs is 1. The number of aryl methyl sites for hydroxylation is 1. The minimum Gasteiger partial charge on any atom is -0.367 e. The van der Waals surface area contributed by atoms with E-state index in [1.807, 2.05) is 30.9 Å². The fraction of sp³-hybridized carbons (Fsp3) is 0.333. The molecule has 2 aromatic carbocycles. The highest BCUT2D eigenvalue weighted by Gasteiger charge is 2.14. The van der Waals surface area contributed by atoms with E-state index in [-0.39, 0.29) is 24.9 Å². The molecule has 0 radical (unpaired) electrons. The highest BCUT2D eigenvalue weighted by molar-refractivity contribution is 7.18. The number of benzene rings is 2. The van der Waals surface area contributed by atoms with Gasteiger partial charge in [-0.15, -0.1) is 11.3 Å². The van der Waals surface area contributed by atoms with E-state index in [0.717, 1.165) is 67.7 Å². The number of hydrogen-bond acceptors (Lipinski definition) is 7. The predicted octanol–water partition coefficient (Wildman–Crippen LogP) is 6.63. The lowest BCUT2D eigenvalue weighted by molar-refractivity contribution is -0.126. The van der Waals surface area contributed by atoms with Crippen LogP contribution in [0, 0.1) is 5.82 Å². The predicted molar refractivity (Wildman–Crippen MR) is 167 cm³/mol. The summed E-state index contributed by atoms with van der Waals surface area (Å²) in [5.74, 6) is -0.420. The molecule has 0 fully saturated rings. The maximum atomic E-state index is 13.0. The number of amides is 1. The molecule has 1 aliphatic rings. The Labute approximate surface area is 250 Å². The fourth-order valence-electron chi connectivity index (χ4n) is 4.83. The fourth-order valence-corrected chi connectivity index (χ4v) is 5.87. The molecular formula is C33H36FN5O2S. The average Bonchev–Trinajstić information content (AvgIpc) is 3.43. The molecule has 1 amide bonds. The van der Waals surface area contributed by atoms with Crippen molar-refractivity contribution in [1.29, 1.82) is 0 Å². The monoisotopic (exact) mass is 585 g/mol. The summed E-state index contributed by atoms with van der Waals surface area (Å²) in [6.45, 7) is 2.52. The van der Waals surface area contributed by atoms with E-state index >= 15 is 0 Å². The lowest BCUT2D eigenvalue weighted by atomic mass is 10.1. The van der Waals surface area contributed by atoms with Gasteiger partial charge in [-0.05, 0) is 85.2 Å². The molecule has 3 heterocycles. The molecule has 0 unspecified atom stereocenters. The van der Waals surface area contributed by atoms with Gasteiger partial charge in [-0.25, -0.2) is 9.37 Å². The minimum absolute atomic E-state index is 0.00370. The largest absolute Gasteiger partial charge is 0.367 e. The minimum atomic E-state index is -0.285. The van der Waals surface area contributed by atoms with Crippen molar-refractivity contribution in [2.24, 2.45) is 4.99 Å². The number of rotatable bonds is 15. The number of carbonyl (C=O) groups excluding carboxylic acids is 1. The first-order chi connectivity index (χ1) is 20.6. The Kier molecular flexibility index (Phi) is 10.8. The Morgan fingerprint density at radius 3 is 2.76 bits per heavy atom. The first-order valence-corrected chi connectivity index (χ1v) is 15.3. The lowest BCUT2D eigenvalue weighted by Gasteiger charge is -2.26. The number of anilines is 1. The molecule has 7 nitrogen and oxygen atoms in total. The number of unbranched alkanes of at least 4 members (excludes halogenated alkanes) is 2. The normalized spacial score (nSPS) is 12.8. The number of halogens is 1. The third-order valence-corrected chi connectivity index (χ3v) is 8.11. The van der Waals surface area contributed by atoms with E-state index in [1.165, 1.54) is 33.7 Å². The van der Waals surface area contributed by atoms with Gasteiger partial charge >= 0.3 is 0 Å². The molecule has 0 saturated heterocycles. The van der Waals surface area contributed by atoms with Crippen molar-refractivity contribution in [3.63, 3.8) is 0 Å². The Hall–Kier alpha value is -3.95. The lowest BCUT2D eigenvalue weighted by Crippen LogP contribution is -2.28. The van der Waals surface area contributed by atoms with Gasteiger partial charge in [0.15, 0.2) is 0 Å². The van der Waals surface area contributed by atoms with Crippen LogP contribution in [0.15, 0.2) is 83.8 Å². The summed E-state index contributed by atoms with van der Waals surface area (Å²) in [5.41, 5.74) is 5.56. The van der Waals surface area contributed by atoms with Crippen LogP contribution in [0.1, 0.15) is 48.2 Å². The number of nitrogens with one attached hydrogen (secondary N) is 1. The van der Waals surface area contributed by atoms with Crippen molar-refractivity contribution in [1.82, 2.24) is 15.3 Å². The number of thiazole rings is 1. The van der Waals surface area contributed by atoms with Crippen LogP contribution in [0.3, 0.4) is 0 Å². The Morgan fingerprint density at radius 2 is 1.95 bits per heavy atom. The number of ether oxygens (including phenoxy) is 1. The van der Waals surface area contributed by atoms with Gasteiger partial charge in [0.2, 0.25) is 5.91 Å². The van der Waals surface area contributed by atoms with E-state index in [2.05, 4.69) is 44.5 Å². The first-order valence-electron chi connectivity index (χ1n) is 14.4. The second-order valence-corrected chi connectivity index (χ2v) is 11.5. The van der Waals surface area contributed by atoms with Crippen LogP contribution in [0.25, 0.3) is 10.2 Å². The summed E-state index contributed by atoms with van der Waals surface area (Å²) in [5, 5.41) is 4.05. The van der Waals surface area contributed by atoms with Crippen molar-refractivity contribution in [2.75, 3.05) is 24.6 Å². The van der Waals surface area contributed by atoms with E-state index in [4.69, 9.17) is 9.72 Å². The average molecular weight is 586 g/mol. The Balaban J connectivity index is 1.07. The van der Waals surface area contributed by atoms with Crippen LogP contribution in [-0.2, 0) is 29.1 Å². The Morgan fingerprint density at radius 1 is 1.05 bits per heavy atom. The molecule has 0 aliphatic carbocycles. The summed E-state index contributed by atoms with van der Waals surface area (Å²) >= 11 is 1.76. The van der Waals surface area contributed by atoms with Crippen LogP contribution in [0.2, 0.25) is 0 Å². The summed E-state index contributed by atoms with van der Waals surface area (Å²) < 4.78 is 19.6. The van der Waals surface area contributed by atoms with Gasteiger partial charge in [-0.2, -0.15) is 0 Å². The van der Waals surface area contributed by atoms with Gasteiger partial charge < -0.3 is 15.0 Å². The van der Waals surface area contributed by atoms with Crippen LogP contribution in [-0.4, -0.2) is 41.8 Å². The first kappa shape index (κ1) is 29.5. The number of hydrogen-bond donors (Lipinski definition) is 1. The second-order valence-electron chi connectivity index (χ2n) is 10.4. The van der Waals surface area contributed by atoms with Gasteiger partial charge in [0.25, 0.3) is 0 Å². The van der Waals surface area contributed by atoms with E-state index in [0.29, 0.717) is 6.54 Å². The summed E-state index contributed by atoms with van der Waals surface area (Å²) in [7, 11) is 0. The van der Waals surface area contributed by atoms with Gasteiger partial charge in [0.1, 0.15) is 12.4 Å². The molecule has 0 spiro atoms. The Bertz CT molecular complexity index is 1500. The summed E-state index contributed by atoms with van der Waals surface area (Å²) in [4.78, 5) is 28.0. The standard InChI is InChI=1S/C33H36FN5O2S/c34-28-11-9-25(10-12-28)23-41-24-32(40)37-17-3-1-2-8-33-38-30-14-13-29(18-31(30)42-33)39(21-26-6-4-15-35-19-26)22-27-7-5-16-36-20-27/h4,6,9-16,18-20H,1-3,5,7-8,17,21-24H2,(H,37,40). The van der Waals surface area contributed by atoms with Crippen molar-refractivity contribution < 1.29 is 13.9 Å². The highest BCUT2D eigenvalue weighted by atomic mass is 32.1. The topological polar surface area (TPSA) is 79.7 Å². The maximum Gasteiger partial charge on any atom is 0.246 e. The molecular weight excluding hydrogens is 549 g/mol. The molecule has 1 N–H and O–H groups in total. The third kappa shape index (κ3) is 9.03. The third-order valence-electron chi connectivity index (χ3n) is 7.03. The van der Waals surface area contributed by atoms with E-state index in [9.17, 15) is 9.18 Å². The second kappa shape index (κ2) is 15.3. The molecule has 5 rings (SSSR count). The van der Waals surface area contributed by atoms with Gasteiger partial charge in [0.05, 0.1) is 21.8 Å². The SMILES string of the molecule is O=C(COCc1ccc(F)cc1)NCCCCCc1nc2ccc(N(CC3=CN=CCC3)Cc3cccnc3)cc2s1. The quantitative estimate of drug-likeness (QED) is 0.158. The molecule has 0 bridgehead atoms.